The second-order valence-corrected chi connectivity index (χ2v) is 7.85. The van der Waals surface area contributed by atoms with Crippen molar-refractivity contribution in [2.24, 2.45) is 0 Å². The minimum absolute atomic E-state index is 0.122. The molecule has 9 heteroatoms. The summed E-state index contributed by atoms with van der Waals surface area (Å²) in [6.07, 6.45) is 1.54. The van der Waals surface area contributed by atoms with Crippen molar-refractivity contribution in [2.75, 3.05) is 18.1 Å². The van der Waals surface area contributed by atoms with Crippen molar-refractivity contribution in [2.45, 2.75) is 25.9 Å². The second kappa shape index (κ2) is 7.84. The fourth-order valence-electron chi connectivity index (χ4n) is 3.46. The van der Waals surface area contributed by atoms with Crippen LogP contribution >= 0.6 is 11.3 Å². The number of ether oxygens (including phenoxy) is 1. The Morgan fingerprint density at radius 2 is 2.17 bits per heavy atom. The van der Waals surface area contributed by atoms with E-state index in [-0.39, 0.29) is 35.0 Å². The molecule has 1 aliphatic rings. The lowest BCUT2D eigenvalue weighted by Crippen LogP contribution is -2.37. The van der Waals surface area contributed by atoms with Crippen molar-refractivity contribution >= 4 is 38.3 Å². The summed E-state index contributed by atoms with van der Waals surface area (Å²) in [6, 6.07) is 9.07. The van der Waals surface area contributed by atoms with Gasteiger partial charge in [0.25, 0.3) is 11.6 Å². The molecular formula is C20H18FN3O4S. The molecule has 1 aromatic heterocycles. The molecule has 0 N–H and O–H groups in total. The fraction of sp³-hybridized carbons (Fsp3) is 0.300. The van der Waals surface area contributed by atoms with Crippen molar-refractivity contribution in [3.63, 3.8) is 0 Å². The van der Waals surface area contributed by atoms with Crippen molar-refractivity contribution in [3.8, 4) is 0 Å². The molecule has 0 bridgehead atoms. The molecule has 0 spiro atoms. The number of fused-ring (bicyclic) bond motifs is 1. The summed E-state index contributed by atoms with van der Waals surface area (Å²) in [7, 11) is 0. The van der Waals surface area contributed by atoms with Gasteiger partial charge in [0.15, 0.2) is 5.13 Å². The fourth-order valence-corrected chi connectivity index (χ4v) is 4.44. The van der Waals surface area contributed by atoms with Crippen LogP contribution in [0.25, 0.3) is 10.2 Å². The zero-order valence-corrected chi connectivity index (χ0v) is 16.4. The molecule has 2 aromatic carbocycles. The monoisotopic (exact) mass is 415 g/mol. The Balaban J connectivity index is 1.77. The van der Waals surface area contributed by atoms with Gasteiger partial charge in [-0.1, -0.05) is 23.5 Å². The van der Waals surface area contributed by atoms with E-state index >= 15 is 0 Å². The summed E-state index contributed by atoms with van der Waals surface area (Å²) in [6.45, 7) is 2.42. The molecule has 0 radical (unpaired) electrons. The van der Waals surface area contributed by atoms with Gasteiger partial charge in [-0.3, -0.25) is 19.8 Å². The summed E-state index contributed by atoms with van der Waals surface area (Å²) in [5.41, 5.74) is 0.584. The maximum absolute atomic E-state index is 14.1. The van der Waals surface area contributed by atoms with E-state index in [4.69, 9.17) is 4.74 Å². The molecule has 0 aliphatic carbocycles. The predicted octanol–water partition coefficient (Wildman–Crippen LogP) is 4.48. The third kappa shape index (κ3) is 3.70. The van der Waals surface area contributed by atoms with Gasteiger partial charge in [0.2, 0.25) is 0 Å². The zero-order valence-electron chi connectivity index (χ0n) is 15.6. The van der Waals surface area contributed by atoms with Gasteiger partial charge in [0, 0.05) is 23.8 Å². The highest BCUT2D eigenvalue weighted by atomic mass is 32.1. The first-order valence-electron chi connectivity index (χ1n) is 9.18. The highest BCUT2D eigenvalue weighted by molar-refractivity contribution is 7.22. The maximum atomic E-state index is 14.1. The number of aromatic nitrogens is 1. The number of rotatable bonds is 5. The van der Waals surface area contributed by atoms with Crippen molar-refractivity contribution in [1.29, 1.82) is 0 Å². The van der Waals surface area contributed by atoms with E-state index in [1.165, 1.54) is 34.4 Å². The van der Waals surface area contributed by atoms with E-state index in [0.717, 1.165) is 12.8 Å². The molecule has 0 saturated carbocycles. The van der Waals surface area contributed by atoms with Crippen LogP contribution in [0.4, 0.5) is 15.2 Å². The number of nitro benzene ring substituents is 1. The van der Waals surface area contributed by atoms with Gasteiger partial charge in [-0.15, -0.1) is 0 Å². The third-order valence-corrected chi connectivity index (χ3v) is 6.02. The second-order valence-electron chi connectivity index (χ2n) is 6.84. The first-order valence-corrected chi connectivity index (χ1v) is 10.00. The quantitative estimate of drug-likeness (QED) is 0.453. The highest BCUT2D eigenvalue weighted by Gasteiger charge is 2.29. The van der Waals surface area contributed by atoms with Crippen molar-refractivity contribution < 1.29 is 18.8 Å². The summed E-state index contributed by atoms with van der Waals surface area (Å²) < 4.78 is 20.4. The Kier molecular flexibility index (Phi) is 5.25. The molecule has 29 heavy (non-hydrogen) atoms. The standard InChI is InChI=1S/C20H18FN3O4S/c1-12-14(6-2-8-16(12)24(26)27)19(25)23(11-13-5-4-10-28-13)20-22-18-15(21)7-3-9-17(18)29-20/h2-3,6-9,13H,4-5,10-11H2,1H3. The molecule has 1 saturated heterocycles. The smallest absolute Gasteiger partial charge is 0.273 e. The van der Waals surface area contributed by atoms with E-state index in [1.54, 1.807) is 25.1 Å². The number of amides is 1. The summed E-state index contributed by atoms with van der Waals surface area (Å²) in [5, 5.41) is 11.6. The zero-order chi connectivity index (χ0) is 20.5. The predicted molar refractivity (Wildman–Crippen MR) is 108 cm³/mol. The number of benzene rings is 2. The van der Waals surface area contributed by atoms with E-state index in [1.807, 2.05) is 0 Å². The molecule has 1 unspecified atom stereocenters. The largest absolute Gasteiger partial charge is 0.376 e. The van der Waals surface area contributed by atoms with Gasteiger partial charge >= 0.3 is 0 Å². The Bertz CT molecular complexity index is 1090. The number of hydrogen-bond acceptors (Lipinski definition) is 6. The normalized spacial score (nSPS) is 16.3. The van der Waals surface area contributed by atoms with Crippen LogP contribution in [0, 0.1) is 22.9 Å². The number of carbonyl (C=O) groups excluding carboxylic acids is 1. The van der Waals surface area contributed by atoms with Crippen molar-refractivity contribution in [3.05, 3.63) is 63.5 Å². The Labute approximate surface area is 169 Å². The number of para-hydroxylation sites is 1. The minimum Gasteiger partial charge on any atom is -0.376 e. The maximum Gasteiger partial charge on any atom is 0.273 e. The van der Waals surface area contributed by atoms with Gasteiger partial charge in [-0.05, 0) is 38.0 Å². The molecule has 4 rings (SSSR count). The number of thiazole rings is 1. The van der Waals surface area contributed by atoms with Crippen LogP contribution in [0.3, 0.4) is 0 Å². The van der Waals surface area contributed by atoms with E-state index < -0.39 is 16.6 Å². The van der Waals surface area contributed by atoms with Gasteiger partial charge in [0.1, 0.15) is 11.3 Å². The van der Waals surface area contributed by atoms with Crippen LogP contribution in [0.2, 0.25) is 0 Å². The SMILES string of the molecule is Cc1c(C(=O)N(CC2CCCO2)c2nc3c(F)cccc3s2)cccc1[N+](=O)[O-]. The number of nitrogens with zero attached hydrogens (tertiary/aromatic N) is 3. The first-order chi connectivity index (χ1) is 14.0. The summed E-state index contributed by atoms with van der Waals surface area (Å²) in [5.74, 6) is -0.873. The molecule has 2 heterocycles. The average Bonchev–Trinajstić information content (AvgIpc) is 3.35. The molecule has 1 fully saturated rings. The molecule has 150 valence electrons. The Morgan fingerprint density at radius 1 is 1.38 bits per heavy atom. The van der Waals surface area contributed by atoms with Crippen LogP contribution in [-0.2, 0) is 4.74 Å². The average molecular weight is 415 g/mol. The summed E-state index contributed by atoms with van der Waals surface area (Å²) >= 11 is 1.21. The summed E-state index contributed by atoms with van der Waals surface area (Å²) in [4.78, 5) is 30.0. The number of hydrogen-bond donors (Lipinski definition) is 0. The Morgan fingerprint density at radius 3 is 2.86 bits per heavy atom. The van der Waals surface area contributed by atoms with Crippen LogP contribution in [0.1, 0.15) is 28.8 Å². The topological polar surface area (TPSA) is 85.6 Å². The number of halogens is 1. The number of nitro groups is 1. The molecular weight excluding hydrogens is 397 g/mol. The van der Waals surface area contributed by atoms with E-state index in [2.05, 4.69) is 4.98 Å². The molecule has 1 amide bonds. The molecule has 3 aromatic rings. The lowest BCUT2D eigenvalue weighted by Gasteiger charge is -2.23. The third-order valence-electron chi connectivity index (χ3n) is 4.98. The minimum atomic E-state index is -0.510. The van der Waals surface area contributed by atoms with Gasteiger partial charge in [0.05, 0.1) is 22.3 Å². The lowest BCUT2D eigenvalue weighted by atomic mass is 10.1. The van der Waals surface area contributed by atoms with Crippen LogP contribution in [0.15, 0.2) is 36.4 Å². The first kappa shape index (κ1) is 19.4. The molecule has 1 atom stereocenters. The van der Waals surface area contributed by atoms with Crippen LogP contribution < -0.4 is 4.90 Å². The lowest BCUT2D eigenvalue weighted by molar-refractivity contribution is -0.385. The van der Waals surface area contributed by atoms with Crippen LogP contribution in [0.5, 0.6) is 0 Å². The number of carbonyl (C=O) groups is 1. The van der Waals surface area contributed by atoms with Crippen molar-refractivity contribution in [1.82, 2.24) is 4.98 Å². The molecule has 7 nitrogen and oxygen atoms in total. The van der Waals surface area contributed by atoms with Gasteiger partial charge < -0.3 is 4.74 Å². The van der Waals surface area contributed by atoms with E-state index in [9.17, 15) is 19.3 Å². The highest BCUT2D eigenvalue weighted by Crippen LogP contribution is 2.33. The Hall–Kier alpha value is -2.91. The number of anilines is 1. The van der Waals surface area contributed by atoms with Gasteiger partial charge in [-0.25, -0.2) is 9.37 Å². The molecule has 1 aliphatic heterocycles. The van der Waals surface area contributed by atoms with E-state index in [0.29, 0.717) is 16.4 Å². The van der Waals surface area contributed by atoms with Crippen LogP contribution in [-0.4, -0.2) is 35.1 Å². The van der Waals surface area contributed by atoms with Gasteiger partial charge in [-0.2, -0.15) is 0 Å².